The third kappa shape index (κ3) is 4.94. The van der Waals surface area contributed by atoms with E-state index in [4.69, 9.17) is 0 Å². The summed E-state index contributed by atoms with van der Waals surface area (Å²) >= 11 is 0. The average Bonchev–Trinajstić information content (AvgIpc) is 2.91. The van der Waals surface area contributed by atoms with Gasteiger partial charge in [-0.05, 0) is 50.3 Å². The molecule has 0 amide bonds. The molecule has 1 aliphatic carbocycles. The lowest BCUT2D eigenvalue weighted by Gasteiger charge is -2.15. The van der Waals surface area contributed by atoms with Crippen LogP contribution in [-0.2, 0) is 6.42 Å². The first-order valence-electron chi connectivity index (χ1n) is 7.72. The quantitative estimate of drug-likeness (QED) is 0.723. The molecule has 19 heavy (non-hydrogen) atoms. The fraction of sp³-hybridized carbons (Fsp3) is 0.647. The molecule has 0 radical (unpaired) electrons. The molecule has 1 unspecified atom stereocenters. The summed E-state index contributed by atoms with van der Waals surface area (Å²) in [7, 11) is 0. The smallest absolute Gasteiger partial charge is 0.126 e. The molecule has 106 valence electrons. The van der Waals surface area contributed by atoms with Gasteiger partial charge in [0.15, 0.2) is 0 Å². The molecule has 2 heteroatoms. The summed E-state index contributed by atoms with van der Waals surface area (Å²) in [6.45, 7) is 3.20. The van der Waals surface area contributed by atoms with Crippen molar-refractivity contribution in [2.24, 2.45) is 5.92 Å². The second-order valence-electron chi connectivity index (χ2n) is 5.94. The molecule has 1 fully saturated rings. The number of hydrogen-bond donors (Lipinski definition) is 1. The molecule has 1 nitrogen and oxygen atoms in total. The molecule has 1 aliphatic rings. The Morgan fingerprint density at radius 3 is 2.74 bits per heavy atom. The minimum Gasteiger partial charge on any atom is -0.314 e. The van der Waals surface area contributed by atoms with E-state index in [9.17, 15) is 4.39 Å². The van der Waals surface area contributed by atoms with Crippen molar-refractivity contribution in [3.63, 3.8) is 0 Å². The van der Waals surface area contributed by atoms with E-state index in [0.29, 0.717) is 6.04 Å². The van der Waals surface area contributed by atoms with Gasteiger partial charge in [-0.2, -0.15) is 0 Å². The minimum atomic E-state index is -0.0814. The number of hydrogen-bond acceptors (Lipinski definition) is 1. The SMILES string of the molecule is CC(Cc1ccccc1F)NCCCC1CCCC1. The highest BCUT2D eigenvalue weighted by Gasteiger charge is 2.14. The van der Waals surface area contributed by atoms with Gasteiger partial charge in [0.05, 0.1) is 0 Å². The van der Waals surface area contributed by atoms with Gasteiger partial charge in [-0.1, -0.05) is 43.9 Å². The van der Waals surface area contributed by atoms with E-state index in [1.54, 1.807) is 12.1 Å². The molecule has 1 N–H and O–H groups in total. The van der Waals surface area contributed by atoms with Crippen LogP contribution in [0.15, 0.2) is 24.3 Å². The van der Waals surface area contributed by atoms with E-state index in [0.717, 1.165) is 24.4 Å². The molecule has 1 atom stereocenters. The highest BCUT2D eigenvalue weighted by molar-refractivity contribution is 5.18. The molecule has 2 rings (SSSR count). The summed E-state index contributed by atoms with van der Waals surface area (Å²) in [5.41, 5.74) is 0.818. The van der Waals surface area contributed by atoms with Crippen molar-refractivity contribution in [2.75, 3.05) is 6.54 Å². The van der Waals surface area contributed by atoms with Gasteiger partial charge >= 0.3 is 0 Å². The monoisotopic (exact) mass is 263 g/mol. The summed E-state index contributed by atoms with van der Waals surface area (Å²) in [4.78, 5) is 0. The zero-order chi connectivity index (χ0) is 13.5. The molecule has 0 bridgehead atoms. The third-order valence-corrected chi connectivity index (χ3v) is 4.24. The fourth-order valence-electron chi connectivity index (χ4n) is 3.10. The Kier molecular flexibility index (Phi) is 5.84. The number of benzene rings is 1. The molecular weight excluding hydrogens is 237 g/mol. The van der Waals surface area contributed by atoms with Crippen LogP contribution in [0, 0.1) is 11.7 Å². The van der Waals surface area contributed by atoms with Crippen molar-refractivity contribution in [3.8, 4) is 0 Å². The van der Waals surface area contributed by atoms with Crippen LogP contribution in [-0.4, -0.2) is 12.6 Å². The Morgan fingerprint density at radius 1 is 1.26 bits per heavy atom. The van der Waals surface area contributed by atoms with Gasteiger partial charge in [0.2, 0.25) is 0 Å². The Labute approximate surface area is 116 Å². The Morgan fingerprint density at radius 2 is 2.00 bits per heavy atom. The van der Waals surface area contributed by atoms with Crippen LogP contribution >= 0.6 is 0 Å². The molecule has 0 aliphatic heterocycles. The molecule has 0 aromatic heterocycles. The second-order valence-corrected chi connectivity index (χ2v) is 5.94. The zero-order valence-corrected chi connectivity index (χ0v) is 12.0. The predicted octanol–water partition coefficient (Wildman–Crippen LogP) is 4.32. The van der Waals surface area contributed by atoms with Crippen LogP contribution in [0.25, 0.3) is 0 Å². The molecule has 0 spiro atoms. The summed E-state index contributed by atoms with van der Waals surface area (Å²) in [6, 6.07) is 7.43. The number of nitrogens with one attached hydrogen (secondary N) is 1. The van der Waals surface area contributed by atoms with Gasteiger partial charge < -0.3 is 5.32 Å². The van der Waals surface area contributed by atoms with Gasteiger partial charge in [-0.25, -0.2) is 4.39 Å². The van der Waals surface area contributed by atoms with E-state index in [2.05, 4.69) is 12.2 Å². The van der Waals surface area contributed by atoms with Crippen LogP contribution in [0.1, 0.15) is 51.0 Å². The van der Waals surface area contributed by atoms with Crippen LogP contribution < -0.4 is 5.32 Å². The lowest BCUT2D eigenvalue weighted by molar-refractivity contribution is 0.449. The van der Waals surface area contributed by atoms with E-state index in [-0.39, 0.29) is 5.82 Å². The topological polar surface area (TPSA) is 12.0 Å². The highest BCUT2D eigenvalue weighted by atomic mass is 19.1. The Balaban J connectivity index is 1.61. The van der Waals surface area contributed by atoms with Crippen molar-refractivity contribution in [3.05, 3.63) is 35.6 Å². The maximum Gasteiger partial charge on any atom is 0.126 e. The van der Waals surface area contributed by atoms with Gasteiger partial charge in [0.25, 0.3) is 0 Å². The van der Waals surface area contributed by atoms with Gasteiger partial charge in [0, 0.05) is 6.04 Å². The molecule has 1 aromatic carbocycles. The summed E-state index contributed by atoms with van der Waals surface area (Å²) in [5, 5.41) is 3.52. The highest BCUT2D eigenvalue weighted by Crippen LogP contribution is 2.28. The maximum absolute atomic E-state index is 13.5. The van der Waals surface area contributed by atoms with Crippen LogP contribution in [0.3, 0.4) is 0 Å². The van der Waals surface area contributed by atoms with Gasteiger partial charge in [0.1, 0.15) is 5.82 Å². The molecular formula is C17H26FN. The Hall–Kier alpha value is -0.890. The molecule has 0 heterocycles. The van der Waals surface area contributed by atoms with E-state index in [1.165, 1.54) is 38.5 Å². The average molecular weight is 263 g/mol. The van der Waals surface area contributed by atoms with Crippen molar-refractivity contribution in [1.29, 1.82) is 0 Å². The normalized spacial score (nSPS) is 17.8. The number of halogens is 1. The van der Waals surface area contributed by atoms with Crippen LogP contribution in [0.5, 0.6) is 0 Å². The van der Waals surface area contributed by atoms with Crippen molar-refractivity contribution < 1.29 is 4.39 Å². The van der Waals surface area contributed by atoms with Gasteiger partial charge in [-0.3, -0.25) is 0 Å². The lowest BCUT2D eigenvalue weighted by Crippen LogP contribution is -2.29. The first-order valence-corrected chi connectivity index (χ1v) is 7.72. The second kappa shape index (κ2) is 7.64. The summed E-state index contributed by atoms with van der Waals surface area (Å²) < 4.78 is 13.5. The van der Waals surface area contributed by atoms with Crippen LogP contribution in [0.2, 0.25) is 0 Å². The first-order chi connectivity index (χ1) is 9.25. The molecule has 0 saturated heterocycles. The summed E-state index contributed by atoms with van der Waals surface area (Å²) in [6.07, 6.45) is 9.13. The van der Waals surface area contributed by atoms with E-state index < -0.39 is 0 Å². The molecule has 1 aromatic rings. The Bertz CT molecular complexity index is 371. The summed E-state index contributed by atoms with van der Waals surface area (Å²) in [5.74, 6) is 0.894. The van der Waals surface area contributed by atoms with E-state index >= 15 is 0 Å². The van der Waals surface area contributed by atoms with Gasteiger partial charge in [-0.15, -0.1) is 0 Å². The standard InChI is InChI=1S/C17H26FN/c1-14(13-16-10-4-5-11-17(16)18)19-12-6-9-15-7-2-3-8-15/h4-5,10-11,14-15,19H,2-3,6-9,12-13H2,1H3. The lowest BCUT2D eigenvalue weighted by atomic mass is 10.0. The molecule has 1 saturated carbocycles. The van der Waals surface area contributed by atoms with Crippen molar-refractivity contribution in [2.45, 2.75) is 57.9 Å². The van der Waals surface area contributed by atoms with Crippen molar-refractivity contribution >= 4 is 0 Å². The number of rotatable bonds is 7. The third-order valence-electron chi connectivity index (χ3n) is 4.24. The van der Waals surface area contributed by atoms with Crippen molar-refractivity contribution in [1.82, 2.24) is 5.32 Å². The minimum absolute atomic E-state index is 0.0814. The fourth-order valence-corrected chi connectivity index (χ4v) is 3.10. The largest absolute Gasteiger partial charge is 0.314 e. The maximum atomic E-state index is 13.5. The predicted molar refractivity (Wildman–Crippen MR) is 78.8 cm³/mol. The van der Waals surface area contributed by atoms with E-state index in [1.807, 2.05) is 12.1 Å². The first kappa shape index (κ1) is 14.5. The van der Waals surface area contributed by atoms with Crippen LogP contribution in [0.4, 0.5) is 4.39 Å². The zero-order valence-electron chi connectivity index (χ0n) is 12.0.